The highest BCUT2D eigenvalue weighted by molar-refractivity contribution is 7.80. The van der Waals surface area contributed by atoms with Crippen LogP contribution >= 0.6 is 12.2 Å². The minimum absolute atomic E-state index is 0.00394. The summed E-state index contributed by atoms with van der Waals surface area (Å²) in [6.45, 7) is 2.19. The lowest BCUT2D eigenvalue weighted by Crippen LogP contribution is -2.56. The zero-order valence-electron chi connectivity index (χ0n) is 11.7. The zero-order chi connectivity index (χ0) is 13.6. The highest BCUT2D eigenvalue weighted by Crippen LogP contribution is 2.61. The molecule has 3 N–H and O–H groups in total. The van der Waals surface area contributed by atoms with Crippen LogP contribution in [0.25, 0.3) is 0 Å². The second-order valence-electron chi connectivity index (χ2n) is 7.21. The van der Waals surface area contributed by atoms with Gasteiger partial charge >= 0.3 is 0 Å². The van der Waals surface area contributed by atoms with E-state index in [2.05, 4.69) is 12.2 Å². The van der Waals surface area contributed by atoms with Crippen LogP contribution in [0.1, 0.15) is 51.9 Å². The van der Waals surface area contributed by atoms with Crippen LogP contribution in [-0.4, -0.2) is 16.9 Å². The number of carbonyl (C=O) groups excluding carboxylic acids is 1. The summed E-state index contributed by atoms with van der Waals surface area (Å²) in [6, 6.07) is 0.266. The summed E-state index contributed by atoms with van der Waals surface area (Å²) in [5, 5.41) is 3.16. The van der Waals surface area contributed by atoms with E-state index in [1.54, 1.807) is 0 Å². The van der Waals surface area contributed by atoms with Gasteiger partial charge in [0.2, 0.25) is 5.91 Å². The van der Waals surface area contributed by atoms with Crippen LogP contribution in [0.5, 0.6) is 0 Å². The van der Waals surface area contributed by atoms with E-state index in [9.17, 15) is 4.79 Å². The van der Waals surface area contributed by atoms with Crippen molar-refractivity contribution in [3.63, 3.8) is 0 Å². The molecule has 4 fully saturated rings. The molecule has 4 bridgehead atoms. The molecule has 0 aliphatic heterocycles. The third-order valence-corrected chi connectivity index (χ3v) is 5.86. The molecule has 1 amide bonds. The summed E-state index contributed by atoms with van der Waals surface area (Å²) in [7, 11) is 0. The van der Waals surface area contributed by atoms with E-state index in [-0.39, 0.29) is 23.4 Å². The fourth-order valence-corrected chi connectivity index (χ4v) is 5.44. The Morgan fingerprint density at radius 3 is 2.16 bits per heavy atom. The predicted molar refractivity (Wildman–Crippen MR) is 79.6 cm³/mol. The molecule has 3 nitrogen and oxygen atoms in total. The normalized spacial score (nSPS) is 41.0. The lowest BCUT2D eigenvalue weighted by molar-refractivity contribution is -0.124. The number of thiocarbonyl (C=S) groups is 1. The zero-order valence-corrected chi connectivity index (χ0v) is 12.5. The number of hydrogen-bond acceptors (Lipinski definition) is 2. The quantitative estimate of drug-likeness (QED) is 0.777. The molecule has 106 valence electrons. The first kappa shape index (κ1) is 13.3. The minimum atomic E-state index is -0.00394. The Hall–Kier alpha value is -0.640. The van der Waals surface area contributed by atoms with Crippen molar-refractivity contribution in [3.05, 3.63) is 0 Å². The molecule has 0 spiro atoms. The van der Waals surface area contributed by atoms with E-state index in [0.717, 1.165) is 17.8 Å². The molecule has 4 rings (SSSR count). The van der Waals surface area contributed by atoms with Crippen molar-refractivity contribution < 1.29 is 4.79 Å². The maximum atomic E-state index is 11.9. The van der Waals surface area contributed by atoms with Gasteiger partial charge in [-0.2, -0.15) is 0 Å². The van der Waals surface area contributed by atoms with E-state index < -0.39 is 0 Å². The average molecular weight is 280 g/mol. The number of hydrogen-bond donors (Lipinski definition) is 2. The maximum absolute atomic E-state index is 11.9. The third-order valence-electron chi connectivity index (χ3n) is 5.72. The Morgan fingerprint density at radius 1 is 1.26 bits per heavy atom. The Bertz CT molecular complexity index is 372. The summed E-state index contributed by atoms with van der Waals surface area (Å²) in [6.07, 6.45) is 8.44. The lowest BCUT2D eigenvalue weighted by Gasteiger charge is -2.59. The van der Waals surface area contributed by atoms with Crippen LogP contribution in [0.2, 0.25) is 0 Å². The van der Waals surface area contributed by atoms with Crippen molar-refractivity contribution in [3.8, 4) is 0 Å². The molecule has 0 heterocycles. The molecular weight excluding hydrogens is 256 g/mol. The number of amides is 1. The molecule has 19 heavy (non-hydrogen) atoms. The summed E-state index contributed by atoms with van der Waals surface area (Å²) in [5.41, 5.74) is 5.81. The standard InChI is InChI=1S/C15H24N2OS/c1-9(17-14(18)5-13(16)19)15-6-10-2-11(7-15)4-12(3-10)8-15/h9-12H,2-8H2,1H3,(H2,16,19)(H,17,18). The molecule has 1 unspecified atom stereocenters. The smallest absolute Gasteiger partial charge is 0.227 e. The van der Waals surface area contributed by atoms with Crippen molar-refractivity contribution in [2.75, 3.05) is 0 Å². The third kappa shape index (κ3) is 2.51. The Balaban J connectivity index is 1.67. The molecule has 4 saturated carbocycles. The second kappa shape index (κ2) is 4.72. The minimum Gasteiger partial charge on any atom is -0.393 e. The van der Waals surface area contributed by atoms with Gasteiger partial charge in [0.05, 0.1) is 11.4 Å². The van der Waals surface area contributed by atoms with Gasteiger partial charge in [-0.15, -0.1) is 0 Å². The number of nitrogens with one attached hydrogen (secondary N) is 1. The highest BCUT2D eigenvalue weighted by atomic mass is 32.1. The van der Waals surface area contributed by atoms with Crippen molar-refractivity contribution in [2.24, 2.45) is 28.9 Å². The van der Waals surface area contributed by atoms with E-state index in [1.807, 2.05) is 0 Å². The van der Waals surface area contributed by atoms with Gasteiger partial charge in [0.25, 0.3) is 0 Å². The van der Waals surface area contributed by atoms with E-state index in [1.165, 1.54) is 38.5 Å². The Kier molecular flexibility index (Phi) is 3.32. The topological polar surface area (TPSA) is 55.1 Å². The first-order chi connectivity index (χ1) is 8.97. The van der Waals surface area contributed by atoms with Crippen LogP contribution in [-0.2, 0) is 4.79 Å². The van der Waals surface area contributed by atoms with Crippen molar-refractivity contribution >= 4 is 23.1 Å². The molecule has 0 aromatic heterocycles. The molecule has 1 atom stereocenters. The molecule has 0 radical (unpaired) electrons. The van der Waals surface area contributed by atoms with Crippen molar-refractivity contribution in [2.45, 2.75) is 57.9 Å². The average Bonchev–Trinajstić information content (AvgIpc) is 2.25. The fourth-order valence-electron chi connectivity index (χ4n) is 5.31. The van der Waals surface area contributed by atoms with Gasteiger partial charge in [-0.3, -0.25) is 4.79 Å². The maximum Gasteiger partial charge on any atom is 0.227 e. The van der Waals surface area contributed by atoms with E-state index >= 15 is 0 Å². The lowest BCUT2D eigenvalue weighted by atomic mass is 9.48. The van der Waals surface area contributed by atoms with E-state index in [0.29, 0.717) is 5.41 Å². The first-order valence-electron chi connectivity index (χ1n) is 7.54. The highest BCUT2D eigenvalue weighted by Gasteiger charge is 2.53. The molecule has 0 aromatic rings. The van der Waals surface area contributed by atoms with Gasteiger partial charge in [0.15, 0.2) is 0 Å². The molecule has 0 saturated heterocycles. The predicted octanol–water partition coefficient (Wildman–Crippen LogP) is 2.38. The van der Waals surface area contributed by atoms with Crippen molar-refractivity contribution in [1.82, 2.24) is 5.32 Å². The van der Waals surface area contributed by atoms with Gasteiger partial charge in [-0.1, -0.05) is 12.2 Å². The largest absolute Gasteiger partial charge is 0.393 e. The Morgan fingerprint density at radius 2 is 1.74 bits per heavy atom. The molecular formula is C15H24N2OS. The summed E-state index contributed by atoms with van der Waals surface area (Å²) in [5.74, 6) is 2.75. The first-order valence-corrected chi connectivity index (χ1v) is 7.95. The molecule has 4 aliphatic carbocycles. The van der Waals surface area contributed by atoms with Gasteiger partial charge in [-0.25, -0.2) is 0 Å². The van der Waals surface area contributed by atoms with Gasteiger partial charge in [-0.05, 0) is 68.6 Å². The molecule has 4 heteroatoms. The van der Waals surface area contributed by atoms with Gasteiger partial charge in [0, 0.05) is 6.04 Å². The Labute approximate surface area is 120 Å². The molecule has 4 aliphatic rings. The van der Waals surface area contributed by atoms with Gasteiger partial charge in [0.1, 0.15) is 0 Å². The number of carbonyl (C=O) groups is 1. The SMILES string of the molecule is CC(NC(=O)CC(N)=S)C12CC3CC(CC(C3)C1)C2. The van der Waals surface area contributed by atoms with Crippen LogP contribution in [0.3, 0.4) is 0 Å². The number of rotatable bonds is 4. The summed E-state index contributed by atoms with van der Waals surface area (Å²) < 4.78 is 0. The summed E-state index contributed by atoms with van der Waals surface area (Å²) in [4.78, 5) is 12.2. The van der Waals surface area contributed by atoms with Crippen LogP contribution in [0.4, 0.5) is 0 Å². The van der Waals surface area contributed by atoms with E-state index in [4.69, 9.17) is 18.0 Å². The monoisotopic (exact) mass is 280 g/mol. The van der Waals surface area contributed by atoms with Gasteiger partial charge < -0.3 is 11.1 Å². The van der Waals surface area contributed by atoms with Crippen molar-refractivity contribution in [1.29, 1.82) is 0 Å². The van der Waals surface area contributed by atoms with Crippen LogP contribution in [0.15, 0.2) is 0 Å². The molecule has 0 aromatic carbocycles. The number of nitrogens with two attached hydrogens (primary N) is 1. The fraction of sp³-hybridized carbons (Fsp3) is 0.867. The summed E-state index contributed by atoms with van der Waals surface area (Å²) >= 11 is 4.81. The van der Waals surface area contributed by atoms with Crippen LogP contribution < -0.4 is 11.1 Å². The second-order valence-corrected chi connectivity index (χ2v) is 7.74. The van der Waals surface area contributed by atoms with Crippen LogP contribution in [0, 0.1) is 23.2 Å².